The van der Waals surface area contributed by atoms with E-state index in [-0.39, 0.29) is 0 Å². The third-order valence-corrected chi connectivity index (χ3v) is 4.85. The van der Waals surface area contributed by atoms with E-state index < -0.39 is 0 Å². The molecule has 116 valence electrons. The Kier molecular flexibility index (Phi) is 4.96. The Morgan fingerprint density at radius 2 is 2.14 bits per heavy atom. The summed E-state index contributed by atoms with van der Waals surface area (Å²) in [4.78, 5) is 14.9. The number of amides is 1. The molecule has 0 aromatic carbocycles. The molecule has 1 aromatic rings. The molecule has 1 atom stereocenters. The van der Waals surface area contributed by atoms with Crippen LogP contribution in [0.2, 0.25) is 0 Å². The van der Waals surface area contributed by atoms with Crippen LogP contribution in [0.4, 0.5) is 0 Å². The van der Waals surface area contributed by atoms with Gasteiger partial charge in [-0.05, 0) is 56.8 Å². The van der Waals surface area contributed by atoms with E-state index in [1.165, 1.54) is 25.7 Å². The van der Waals surface area contributed by atoms with Crippen LogP contribution in [-0.4, -0.2) is 29.9 Å². The Balaban J connectivity index is 1.63. The molecule has 1 unspecified atom stereocenters. The SMILES string of the molecule is O=C(CC1CCCNC1)N(Cc1ccco1)C1CCCC1. The second-order valence-electron chi connectivity index (χ2n) is 6.46. The van der Waals surface area contributed by atoms with Gasteiger partial charge >= 0.3 is 0 Å². The molecule has 21 heavy (non-hydrogen) atoms. The minimum Gasteiger partial charge on any atom is -0.467 e. The van der Waals surface area contributed by atoms with E-state index in [1.807, 2.05) is 12.1 Å². The van der Waals surface area contributed by atoms with Crippen LogP contribution >= 0.6 is 0 Å². The van der Waals surface area contributed by atoms with Crippen molar-refractivity contribution in [3.05, 3.63) is 24.2 Å². The standard InChI is InChI=1S/C17H26N2O2/c20-17(11-14-5-3-9-18-12-14)19(15-6-1-2-7-15)13-16-8-4-10-21-16/h4,8,10,14-15,18H,1-3,5-7,9,11-13H2. The summed E-state index contributed by atoms with van der Waals surface area (Å²) in [6.07, 6.45) is 9.54. The molecule has 2 heterocycles. The molecule has 0 radical (unpaired) electrons. The Hall–Kier alpha value is -1.29. The zero-order chi connectivity index (χ0) is 14.5. The zero-order valence-electron chi connectivity index (χ0n) is 12.7. The lowest BCUT2D eigenvalue weighted by Crippen LogP contribution is -2.41. The number of carbonyl (C=O) groups is 1. The van der Waals surface area contributed by atoms with Gasteiger partial charge in [-0.25, -0.2) is 0 Å². The summed E-state index contributed by atoms with van der Waals surface area (Å²) in [6.45, 7) is 2.73. The summed E-state index contributed by atoms with van der Waals surface area (Å²) < 4.78 is 5.46. The fraction of sp³-hybridized carbons (Fsp3) is 0.706. The van der Waals surface area contributed by atoms with Gasteiger partial charge in [0, 0.05) is 12.5 Å². The van der Waals surface area contributed by atoms with Crippen molar-refractivity contribution in [2.75, 3.05) is 13.1 Å². The van der Waals surface area contributed by atoms with Gasteiger partial charge in [-0.15, -0.1) is 0 Å². The highest BCUT2D eigenvalue weighted by Crippen LogP contribution is 2.27. The van der Waals surface area contributed by atoms with Crippen molar-refractivity contribution < 1.29 is 9.21 Å². The Morgan fingerprint density at radius 1 is 1.29 bits per heavy atom. The zero-order valence-corrected chi connectivity index (χ0v) is 12.7. The van der Waals surface area contributed by atoms with E-state index in [0.717, 1.165) is 31.7 Å². The molecule has 2 fully saturated rings. The molecule has 4 heteroatoms. The molecule has 4 nitrogen and oxygen atoms in total. The van der Waals surface area contributed by atoms with E-state index in [4.69, 9.17) is 4.42 Å². The summed E-state index contributed by atoms with van der Waals surface area (Å²) in [5.41, 5.74) is 0. The van der Waals surface area contributed by atoms with E-state index in [2.05, 4.69) is 10.2 Å². The van der Waals surface area contributed by atoms with E-state index >= 15 is 0 Å². The number of hydrogen-bond acceptors (Lipinski definition) is 3. The molecule has 0 bridgehead atoms. The topological polar surface area (TPSA) is 45.5 Å². The molecule has 0 spiro atoms. The fourth-order valence-electron chi connectivity index (χ4n) is 3.67. The maximum absolute atomic E-state index is 12.8. The van der Waals surface area contributed by atoms with Crippen LogP contribution in [0.5, 0.6) is 0 Å². The smallest absolute Gasteiger partial charge is 0.223 e. The first-order valence-electron chi connectivity index (χ1n) is 8.35. The van der Waals surface area contributed by atoms with Crippen LogP contribution in [0, 0.1) is 5.92 Å². The van der Waals surface area contributed by atoms with Crippen LogP contribution in [0.1, 0.15) is 50.7 Å². The lowest BCUT2D eigenvalue weighted by Gasteiger charge is -2.31. The van der Waals surface area contributed by atoms with Crippen molar-refractivity contribution in [3.8, 4) is 0 Å². The fourth-order valence-corrected chi connectivity index (χ4v) is 3.67. The summed E-state index contributed by atoms with van der Waals surface area (Å²) >= 11 is 0. The first kappa shape index (κ1) is 14.6. The van der Waals surface area contributed by atoms with Gasteiger partial charge in [0.25, 0.3) is 0 Å². The van der Waals surface area contributed by atoms with Gasteiger partial charge in [-0.3, -0.25) is 4.79 Å². The lowest BCUT2D eigenvalue weighted by atomic mass is 9.95. The third kappa shape index (κ3) is 3.88. The summed E-state index contributed by atoms with van der Waals surface area (Å²) in [5, 5.41) is 3.40. The predicted octanol–water partition coefficient (Wildman–Crippen LogP) is 2.94. The number of carbonyl (C=O) groups excluding carboxylic acids is 1. The number of furan rings is 1. The van der Waals surface area contributed by atoms with E-state index in [9.17, 15) is 4.79 Å². The normalized spacial score (nSPS) is 23.3. The quantitative estimate of drug-likeness (QED) is 0.907. The second kappa shape index (κ2) is 7.12. The highest BCUT2D eigenvalue weighted by atomic mass is 16.3. The molecular weight excluding hydrogens is 264 g/mol. The summed E-state index contributed by atoms with van der Waals surface area (Å²) in [6, 6.07) is 4.29. The summed E-state index contributed by atoms with van der Waals surface area (Å²) in [7, 11) is 0. The molecule has 2 aliphatic rings. The van der Waals surface area contributed by atoms with Crippen LogP contribution < -0.4 is 5.32 Å². The number of nitrogens with zero attached hydrogens (tertiary/aromatic N) is 1. The lowest BCUT2D eigenvalue weighted by molar-refractivity contribution is -0.135. The molecule has 1 saturated heterocycles. The van der Waals surface area contributed by atoms with Crippen LogP contribution in [-0.2, 0) is 11.3 Å². The number of piperidine rings is 1. The van der Waals surface area contributed by atoms with Gasteiger partial charge in [0.15, 0.2) is 0 Å². The molecule has 1 amide bonds. The van der Waals surface area contributed by atoms with Crippen molar-refractivity contribution in [1.82, 2.24) is 10.2 Å². The summed E-state index contributed by atoms with van der Waals surface area (Å²) in [5.74, 6) is 1.72. The minimum atomic E-state index is 0.312. The third-order valence-electron chi connectivity index (χ3n) is 4.85. The molecule has 1 aliphatic heterocycles. The van der Waals surface area contributed by atoms with Gasteiger partial charge in [-0.2, -0.15) is 0 Å². The first-order chi connectivity index (χ1) is 10.3. The van der Waals surface area contributed by atoms with E-state index in [1.54, 1.807) is 6.26 Å². The van der Waals surface area contributed by atoms with Gasteiger partial charge in [0.2, 0.25) is 5.91 Å². The molecular formula is C17H26N2O2. The first-order valence-corrected chi connectivity index (χ1v) is 8.35. The van der Waals surface area contributed by atoms with Gasteiger partial charge in [0.05, 0.1) is 12.8 Å². The average Bonchev–Trinajstić information content (AvgIpc) is 3.19. The second-order valence-corrected chi connectivity index (χ2v) is 6.46. The monoisotopic (exact) mass is 290 g/mol. The highest BCUT2D eigenvalue weighted by molar-refractivity contribution is 5.76. The van der Waals surface area contributed by atoms with Crippen molar-refractivity contribution >= 4 is 5.91 Å². The van der Waals surface area contributed by atoms with Crippen molar-refractivity contribution in [1.29, 1.82) is 0 Å². The van der Waals surface area contributed by atoms with Crippen molar-refractivity contribution in [3.63, 3.8) is 0 Å². The van der Waals surface area contributed by atoms with Crippen molar-refractivity contribution in [2.24, 2.45) is 5.92 Å². The molecule has 1 saturated carbocycles. The molecule has 1 N–H and O–H groups in total. The minimum absolute atomic E-state index is 0.312. The largest absolute Gasteiger partial charge is 0.467 e. The number of hydrogen-bond donors (Lipinski definition) is 1. The number of nitrogens with one attached hydrogen (secondary N) is 1. The van der Waals surface area contributed by atoms with Gasteiger partial charge in [0.1, 0.15) is 5.76 Å². The Morgan fingerprint density at radius 3 is 2.81 bits per heavy atom. The maximum Gasteiger partial charge on any atom is 0.223 e. The van der Waals surface area contributed by atoms with Crippen LogP contribution in [0.3, 0.4) is 0 Å². The van der Waals surface area contributed by atoms with Gasteiger partial charge in [-0.1, -0.05) is 12.8 Å². The Labute approximate surface area is 126 Å². The Bertz CT molecular complexity index is 432. The highest BCUT2D eigenvalue weighted by Gasteiger charge is 2.29. The predicted molar refractivity (Wildman–Crippen MR) is 81.7 cm³/mol. The van der Waals surface area contributed by atoms with Crippen molar-refractivity contribution in [2.45, 2.75) is 57.5 Å². The maximum atomic E-state index is 12.8. The molecule has 1 aliphatic carbocycles. The van der Waals surface area contributed by atoms with E-state index in [0.29, 0.717) is 30.8 Å². The van der Waals surface area contributed by atoms with Gasteiger partial charge < -0.3 is 14.6 Å². The van der Waals surface area contributed by atoms with Crippen LogP contribution in [0.15, 0.2) is 22.8 Å². The van der Waals surface area contributed by atoms with Crippen LogP contribution in [0.25, 0.3) is 0 Å². The average molecular weight is 290 g/mol. The molecule has 3 rings (SSSR count). The molecule has 1 aromatic heterocycles. The number of rotatable bonds is 5.